The summed E-state index contributed by atoms with van der Waals surface area (Å²) in [6.07, 6.45) is -0.153. The Kier molecular flexibility index (Phi) is 6.46. The van der Waals surface area contributed by atoms with Crippen LogP contribution >= 0.6 is 35.0 Å². The number of benzene rings is 1. The molecule has 106 valence electrons. The Hall–Kier alpha value is -0.430. The van der Waals surface area contributed by atoms with Crippen molar-refractivity contribution in [2.24, 2.45) is 5.73 Å². The molecule has 0 radical (unpaired) electrons. The molecule has 0 unspecified atom stereocenters. The average Bonchev–Trinajstić information content (AvgIpc) is 2.31. The molecule has 1 rings (SSSR count). The maximum absolute atomic E-state index is 11.6. The molecule has 8 heteroatoms. The number of carbonyl (C=O) groups excluding carboxylic acids is 1. The largest absolute Gasteiger partial charge is 0.370 e. The summed E-state index contributed by atoms with van der Waals surface area (Å²) in [5.41, 5.74) is 4.92. The molecule has 0 bridgehead atoms. The fraction of sp³-hybridized carbons (Fsp3) is 0.364. The fourth-order valence-electron chi connectivity index (χ4n) is 1.25. The second-order valence-electron chi connectivity index (χ2n) is 3.77. The van der Waals surface area contributed by atoms with Gasteiger partial charge >= 0.3 is 0 Å². The monoisotopic (exact) mass is 341 g/mol. The van der Waals surface area contributed by atoms with E-state index in [0.29, 0.717) is 20.7 Å². The lowest BCUT2D eigenvalue weighted by Gasteiger charge is -2.06. The molecule has 1 amide bonds. The zero-order valence-electron chi connectivity index (χ0n) is 9.93. The molecule has 19 heavy (non-hydrogen) atoms. The molecule has 0 saturated carbocycles. The van der Waals surface area contributed by atoms with Crippen LogP contribution < -0.4 is 5.73 Å². The van der Waals surface area contributed by atoms with E-state index in [1.54, 1.807) is 18.2 Å². The van der Waals surface area contributed by atoms with Crippen molar-refractivity contribution in [1.82, 2.24) is 0 Å². The van der Waals surface area contributed by atoms with Crippen LogP contribution in [-0.2, 0) is 14.6 Å². The van der Waals surface area contributed by atoms with E-state index in [1.807, 2.05) is 0 Å². The third-order valence-electron chi connectivity index (χ3n) is 2.22. The van der Waals surface area contributed by atoms with Crippen LogP contribution in [0, 0.1) is 0 Å². The maximum Gasteiger partial charge on any atom is 0.218 e. The molecule has 0 aliphatic rings. The number of carbonyl (C=O) groups is 1. The number of nitrogens with two attached hydrogens (primary N) is 1. The molecule has 0 heterocycles. The summed E-state index contributed by atoms with van der Waals surface area (Å²) in [5, 5.41) is 0.985. The van der Waals surface area contributed by atoms with E-state index in [2.05, 4.69) is 0 Å². The third-order valence-corrected chi connectivity index (χ3v) is 6.12. The van der Waals surface area contributed by atoms with Crippen LogP contribution in [0.5, 0.6) is 0 Å². The molecular weight excluding hydrogens is 329 g/mol. The van der Waals surface area contributed by atoms with E-state index < -0.39 is 15.7 Å². The Balaban J connectivity index is 2.52. The molecule has 4 nitrogen and oxygen atoms in total. The molecule has 0 atom stereocenters. The quantitative estimate of drug-likeness (QED) is 0.772. The predicted octanol–water partition coefficient (Wildman–Crippen LogP) is 2.38. The second-order valence-corrected chi connectivity index (χ2v) is 7.99. The standard InChI is InChI=1S/C11H13Cl2NO3S2/c12-8-2-1-3-9(13)11(8)18-5-7-19(16,17)6-4-10(14)15/h1-3H,4-7H2,(H2,14,15). The molecule has 0 aromatic heterocycles. The van der Waals surface area contributed by atoms with Gasteiger partial charge in [-0.05, 0) is 12.1 Å². The topological polar surface area (TPSA) is 77.2 Å². The van der Waals surface area contributed by atoms with Gasteiger partial charge < -0.3 is 5.73 Å². The molecule has 0 saturated heterocycles. The van der Waals surface area contributed by atoms with E-state index >= 15 is 0 Å². The van der Waals surface area contributed by atoms with Gasteiger partial charge in [-0.1, -0.05) is 29.3 Å². The highest BCUT2D eigenvalue weighted by Gasteiger charge is 2.13. The zero-order valence-corrected chi connectivity index (χ0v) is 13.1. The van der Waals surface area contributed by atoms with Gasteiger partial charge in [0.2, 0.25) is 5.91 Å². The van der Waals surface area contributed by atoms with E-state index in [0.717, 1.165) is 0 Å². The first kappa shape index (κ1) is 16.6. The van der Waals surface area contributed by atoms with Crippen LogP contribution in [0.4, 0.5) is 0 Å². The molecule has 0 aliphatic carbocycles. The van der Waals surface area contributed by atoms with Gasteiger partial charge in [-0.15, -0.1) is 11.8 Å². The first-order valence-corrected chi connectivity index (χ1v) is 8.93. The molecule has 1 aromatic carbocycles. The van der Waals surface area contributed by atoms with Crippen LogP contribution in [0.15, 0.2) is 23.1 Å². The number of halogens is 2. The molecule has 0 aliphatic heterocycles. The van der Waals surface area contributed by atoms with E-state index in [9.17, 15) is 13.2 Å². The van der Waals surface area contributed by atoms with Crippen molar-refractivity contribution < 1.29 is 13.2 Å². The van der Waals surface area contributed by atoms with Crippen molar-refractivity contribution in [3.63, 3.8) is 0 Å². The Morgan fingerprint density at radius 1 is 1.21 bits per heavy atom. The number of hydrogen-bond donors (Lipinski definition) is 1. The molecule has 0 spiro atoms. The van der Waals surface area contributed by atoms with Gasteiger partial charge in [0, 0.05) is 17.1 Å². The number of thioether (sulfide) groups is 1. The highest BCUT2D eigenvalue weighted by Crippen LogP contribution is 2.33. The van der Waals surface area contributed by atoms with Crippen LogP contribution in [0.1, 0.15) is 6.42 Å². The Labute approximate surface area is 126 Å². The molecule has 2 N–H and O–H groups in total. The Morgan fingerprint density at radius 3 is 2.32 bits per heavy atom. The van der Waals surface area contributed by atoms with Gasteiger partial charge in [0.15, 0.2) is 9.84 Å². The van der Waals surface area contributed by atoms with Crippen molar-refractivity contribution >= 4 is 50.7 Å². The fourth-order valence-corrected chi connectivity index (χ4v) is 4.66. The first-order valence-electron chi connectivity index (χ1n) is 5.37. The lowest BCUT2D eigenvalue weighted by molar-refractivity contribution is -0.117. The van der Waals surface area contributed by atoms with E-state index in [1.165, 1.54) is 11.8 Å². The smallest absolute Gasteiger partial charge is 0.218 e. The summed E-state index contributed by atoms with van der Waals surface area (Å²) in [6.45, 7) is 0. The lowest BCUT2D eigenvalue weighted by atomic mass is 10.4. The number of primary amides is 1. The minimum absolute atomic E-state index is 0.0491. The highest BCUT2D eigenvalue weighted by molar-refractivity contribution is 8.01. The van der Waals surface area contributed by atoms with Crippen LogP contribution in [0.25, 0.3) is 0 Å². The summed E-state index contributed by atoms with van der Waals surface area (Å²) >= 11 is 13.2. The first-order chi connectivity index (χ1) is 8.82. The van der Waals surface area contributed by atoms with Gasteiger partial charge in [-0.2, -0.15) is 0 Å². The zero-order chi connectivity index (χ0) is 14.5. The van der Waals surface area contributed by atoms with Crippen LogP contribution in [-0.4, -0.2) is 31.6 Å². The normalized spacial score (nSPS) is 11.5. The molecular formula is C11H13Cl2NO3S2. The van der Waals surface area contributed by atoms with E-state index in [-0.39, 0.29) is 17.9 Å². The van der Waals surface area contributed by atoms with Gasteiger partial charge in [0.05, 0.1) is 21.6 Å². The van der Waals surface area contributed by atoms with E-state index in [4.69, 9.17) is 28.9 Å². The van der Waals surface area contributed by atoms with Crippen LogP contribution in [0.2, 0.25) is 10.0 Å². The van der Waals surface area contributed by atoms with Crippen molar-refractivity contribution in [2.45, 2.75) is 11.3 Å². The van der Waals surface area contributed by atoms with Crippen LogP contribution in [0.3, 0.4) is 0 Å². The van der Waals surface area contributed by atoms with Crippen molar-refractivity contribution in [3.05, 3.63) is 28.2 Å². The lowest BCUT2D eigenvalue weighted by Crippen LogP contribution is -2.19. The number of rotatable bonds is 7. The number of sulfone groups is 1. The third kappa shape index (κ3) is 6.03. The SMILES string of the molecule is NC(=O)CCS(=O)(=O)CCSc1c(Cl)cccc1Cl. The predicted molar refractivity (Wildman–Crippen MR) is 79.7 cm³/mol. The number of amides is 1. The maximum atomic E-state index is 11.6. The van der Waals surface area contributed by atoms with Gasteiger partial charge in [-0.25, -0.2) is 8.42 Å². The average molecular weight is 342 g/mol. The minimum atomic E-state index is -3.28. The second kappa shape index (κ2) is 7.38. The van der Waals surface area contributed by atoms with Crippen molar-refractivity contribution in [3.8, 4) is 0 Å². The Bertz CT molecular complexity index is 541. The van der Waals surface area contributed by atoms with Crippen molar-refractivity contribution in [1.29, 1.82) is 0 Å². The summed E-state index contributed by atoms with van der Waals surface area (Å²) < 4.78 is 23.2. The Morgan fingerprint density at radius 2 is 1.79 bits per heavy atom. The van der Waals surface area contributed by atoms with Gasteiger partial charge in [0.25, 0.3) is 0 Å². The van der Waals surface area contributed by atoms with Crippen molar-refractivity contribution in [2.75, 3.05) is 17.3 Å². The summed E-state index contributed by atoms with van der Waals surface area (Å²) in [4.78, 5) is 11.2. The number of hydrogen-bond acceptors (Lipinski definition) is 4. The summed E-state index contributed by atoms with van der Waals surface area (Å²) in [6, 6.07) is 5.10. The van der Waals surface area contributed by atoms with Gasteiger partial charge in [0.1, 0.15) is 0 Å². The van der Waals surface area contributed by atoms with Gasteiger partial charge in [-0.3, -0.25) is 4.79 Å². The molecule has 0 fully saturated rings. The summed E-state index contributed by atoms with van der Waals surface area (Å²) in [7, 11) is -3.28. The summed E-state index contributed by atoms with van der Waals surface area (Å²) in [5.74, 6) is -0.568. The highest BCUT2D eigenvalue weighted by atomic mass is 35.5. The minimum Gasteiger partial charge on any atom is -0.370 e. The molecule has 1 aromatic rings.